The molecule has 0 unspecified atom stereocenters. The van der Waals surface area contributed by atoms with Crippen molar-refractivity contribution in [3.05, 3.63) is 60.0 Å². The number of carbonyl (C=O) groups excluding carboxylic acids is 1. The molecule has 0 spiro atoms. The summed E-state index contributed by atoms with van der Waals surface area (Å²) in [6.07, 6.45) is 1.32. The molecule has 1 aliphatic rings. The van der Waals surface area contributed by atoms with E-state index in [1.807, 2.05) is 6.07 Å². The standard InChI is InChI=1S/C20H17F3N4O3/c21-20(22,23)19-25-18(26-30-19)16-5-1-4-15(24-16)13-8-10-27(11-9-13)17(28)7-6-14-3-2-12-29-14/h1-7,12-13H,8-11H2/b7-6+. The van der Waals surface area contributed by atoms with Crippen LogP contribution in [-0.2, 0) is 11.0 Å². The van der Waals surface area contributed by atoms with Crippen molar-refractivity contribution < 1.29 is 26.9 Å². The summed E-state index contributed by atoms with van der Waals surface area (Å²) in [6, 6.07) is 8.55. The van der Waals surface area contributed by atoms with Crippen molar-refractivity contribution in [1.29, 1.82) is 0 Å². The van der Waals surface area contributed by atoms with Crippen molar-refractivity contribution in [2.45, 2.75) is 24.9 Å². The molecule has 10 heteroatoms. The third kappa shape index (κ3) is 4.42. The number of halogens is 3. The summed E-state index contributed by atoms with van der Waals surface area (Å²) in [4.78, 5) is 21.9. The average molecular weight is 418 g/mol. The van der Waals surface area contributed by atoms with Crippen LogP contribution in [0.25, 0.3) is 17.6 Å². The Morgan fingerprint density at radius 1 is 1.13 bits per heavy atom. The van der Waals surface area contributed by atoms with Gasteiger partial charge in [0.2, 0.25) is 11.7 Å². The summed E-state index contributed by atoms with van der Waals surface area (Å²) in [5.74, 6) is -1.02. The Balaban J connectivity index is 1.40. The maximum Gasteiger partial charge on any atom is 0.471 e. The fourth-order valence-corrected chi connectivity index (χ4v) is 3.29. The van der Waals surface area contributed by atoms with Gasteiger partial charge in [-0.15, -0.1) is 0 Å². The maximum absolute atomic E-state index is 12.7. The Morgan fingerprint density at radius 3 is 2.60 bits per heavy atom. The molecular formula is C20H17F3N4O3. The molecule has 4 rings (SSSR count). The van der Waals surface area contributed by atoms with Crippen molar-refractivity contribution in [3.8, 4) is 11.5 Å². The number of carbonyl (C=O) groups is 1. The zero-order valence-electron chi connectivity index (χ0n) is 15.7. The number of likely N-dealkylation sites (tertiary alicyclic amines) is 1. The van der Waals surface area contributed by atoms with E-state index in [0.29, 0.717) is 31.7 Å². The number of rotatable bonds is 4. The zero-order chi connectivity index (χ0) is 21.1. The highest BCUT2D eigenvalue weighted by atomic mass is 19.4. The highest BCUT2D eigenvalue weighted by Crippen LogP contribution is 2.31. The largest absolute Gasteiger partial charge is 0.471 e. The quantitative estimate of drug-likeness (QED) is 0.592. The van der Waals surface area contributed by atoms with Gasteiger partial charge in [-0.25, -0.2) is 4.98 Å². The first-order chi connectivity index (χ1) is 14.4. The Bertz CT molecular complexity index is 1040. The molecule has 1 saturated heterocycles. The molecule has 7 nitrogen and oxygen atoms in total. The second-order valence-corrected chi connectivity index (χ2v) is 6.82. The number of alkyl halides is 3. The summed E-state index contributed by atoms with van der Waals surface area (Å²) in [5.41, 5.74) is 0.940. The minimum Gasteiger partial charge on any atom is -0.465 e. The van der Waals surface area contributed by atoms with Crippen LogP contribution < -0.4 is 0 Å². The molecule has 30 heavy (non-hydrogen) atoms. The molecule has 0 atom stereocenters. The molecule has 0 saturated carbocycles. The van der Waals surface area contributed by atoms with Crippen molar-refractivity contribution in [2.24, 2.45) is 0 Å². The number of piperidine rings is 1. The number of nitrogens with zero attached hydrogens (tertiary/aromatic N) is 4. The number of amides is 1. The Hall–Kier alpha value is -3.43. The molecule has 1 fully saturated rings. The third-order valence-electron chi connectivity index (χ3n) is 4.83. The Kier molecular flexibility index (Phi) is 5.39. The van der Waals surface area contributed by atoms with E-state index < -0.39 is 12.1 Å². The van der Waals surface area contributed by atoms with Crippen LogP contribution in [-0.4, -0.2) is 39.0 Å². The molecule has 0 aromatic carbocycles. The lowest BCUT2D eigenvalue weighted by atomic mass is 9.93. The normalized spacial score (nSPS) is 15.8. The molecule has 4 heterocycles. The summed E-state index contributed by atoms with van der Waals surface area (Å²) in [6.45, 7) is 1.11. The van der Waals surface area contributed by atoms with Gasteiger partial charge < -0.3 is 13.8 Å². The van der Waals surface area contributed by atoms with Crippen molar-refractivity contribution in [2.75, 3.05) is 13.1 Å². The van der Waals surface area contributed by atoms with Crippen LogP contribution in [0.1, 0.15) is 36.1 Å². The van der Waals surface area contributed by atoms with Crippen LogP contribution in [0.3, 0.4) is 0 Å². The van der Waals surface area contributed by atoms with Gasteiger partial charge in [0.1, 0.15) is 11.5 Å². The fourth-order valence-electron chi connectivity index (χ4n) is 3.29. The predicted octanol–water partition coefficient (Wildman–Crippen LogP) is 4.16. The molecule has 1 amide bonds. The van der Waals surface area contributed by atoms with Gasteiger partial charge in [-0.3, -0.25) is 4.79 Å². The SMILES string of the molecule is O=C(/C=C/c1ccco1)N1CCC(c2cccc(-c3noc(C(F)(F)F)n3)n2)CC1. The van der Waals surface area contributed by atoms with E-state index >= 15 is 0 Å². The van der Waals surface area contributed by atoms with Gasteiger partial charge in [-0.1, -0.05) is 11.2 Å². The van der Waals surface area contributed by atoms with E-state index in [1.165, 1.54) is 18.4 Å². The van der Waals surface area contributed by atoms with Crippen molar-refractivity contribution in [1.82, 2.24) is 20.0 Å². The van der Waals surface area contributed by atoms with Gasteiger partial charge in [0.15, 0.2) is 0 Å². The lowest BCUT2D eigenvalue weighted by molar-refractivity contribution is -0.159. The van der Waals surface area contributed by atoms with E-state index in [1.54, 1.807) is 29.2 Å². The van der Waals surface area contributed by atoms with Gasteiger partial charge in [-0.2, -0.15) is 18.2 Å². The zero-order valence-corrected chi connectivity index (χ0v) is 15.7. The van der Waals surface area contributed by atoms with E-state index in [-0.39, 0.29) is 23.3 Å². The number of furan rings is 1. The van der Waals surface area contributed by atoms with E-state index in [0.717, 1.165) is 5.69 Å². The van der Waals surface area contributed by atoms with Crippen LogP contribution in [0, 0.1) is 0 Å². The van der Waals surface area contributed by atoms with Crippen LogP contribution in [0.4, 0.5) is 13.2 Å². The van der Waals surface area contributed by atoms with Gasteiger partial charge >= 0.3 is 12.1 Å². The van der Waals surface area contributed by atoms with E-state index in [4.69, 9.17) is 4.42 Å². The fraction of sp³-hybridized carbons (Fsp3) is 0.300. The Labute approximate surface area is 169 Å². The first-order valence-electron chi connectivity index (χ1n) is 9.29. The number of hydrogen-bond donors (Lipinski definition) is 0. The smallest absolute Gasteiger partial charge is 0.465 e. The summed E-state index contributed by atoms with van der Waals surface area (Å²) < 4.78 is 47.4. The van der Waals surface area contributed by atoms with Crippen LogP contribution in [0.15, 0.2) is 51.6 Å². The van der Waals surface area contributed by atoms with Crippen molar-refractivity contribution in [3.63, 3.8) is 0 Å². The number of pyridine rings is 1. The van der Waals surface area contributed by atoms with E-state index in [9.17, 15) is 18.0 Å². The van der Waals surface area contributed by atoms with Crippen LogP contribution in [0.5, 0.6) is 0 Å². The summed E-state index contributed by atoms with van der Waals surface area (Å²) in [7, 11) is 0. The highest BCUT2D eigenvalue weighted by molar-refractivity contribution is 5.91. The Morgan fingerprint density at radius 2 is 1.93 bits per heavy atom. The lowest BCUT2D eigenvalue weighted by Gasteiger charge is -2.31. The maximum atomic E-state index is 12.7. The topological polar surface area (TPSA) is 85.3 Å². The second kappa shape index (κ2) is 8.13. The molecule has 0 radical (unpaired) electrons. The number of hydrogen-bond acceptors (Lipinski definition) is 6. The minimum absolute atomic E-state index is 0.0806. The van der Waals surface area contributed by atoms with Crippen molar-refractivity contribution >= 4 is 12.0 Å². The third-order valence-corrected chi connectivity index (χ3v) is 4.83. The second-order valence-electron chi connectivity index (χ2n) is 6.82. The minimum atomic E-state index is -4.70. The monoisotopic (exact) mass is 418 g/mol. The first kappa shape index (κ1) is 19.9. The first-order valence-corrected chi connectivity index (χ1v) is 9.29. The highest BCUT2D eigenvalue weighted by Gasteiger charge is 2.38. The van der Waals surface area contributed by atoms with Gasteiger partial charge in [-0.05, 0) is 43.2 Å². The van der Waals surface area contributed by atoms with Gasteiger partial charge in [0, 0.05) is 30.8 Å². The molecule has 3 aromatic heterocycles. The van der Waals surface area contributed by atoms with Crippen LogP contribution in [0.2, 0.25) is 0 Å². The molecule has 1 aliphatic heterocycles. The molecule has 0 N–H and O–H groups in total. The van der Waals surface area contributed by atoms with Crippen LogP contribution >= 0.6 is 0 Å². The molecule has 0 aliphatic carbocycles. The molecular weight excluding hydrogens is 401 g/mol. The van der Waals surface area contributed by atoms with Gasteiger partial charge in [0.25, 0.3) is 0 Å². The summed E-state index contributed by atoms with van der Waals surface area (Å²) in [5, 5.41) is 3.38. The summed E-state index contributed by atoms with van der Waals surface area (Å²) >= 11 is 0. The molecule has 3 aromatic rings. The molecule has 0 bridgehead atoms. The lowest BCUT2D eigenvalue weighted by Crippen LogP contribution is -2.37. The average Bonchev–Trinajstić information content (AvgIpc) is 3.44. The van der Waals surface area contributed by atoms with E-state index in [2.05, 4.69) is 19.6 Å². The number of aromatic nitrogens is 3. The predicted molar refractivity (Wildman–Crippen MR) is 98.8 cm³/mol. The van der Waals surface area contributed by atoms with Gasteiger partial charge in [0.05, 0.1) is 6.26 Å². The molecule has 156 valence electrons.